The van der Waals surface area contributed by atoms with Crippen LogP contribution in [0.2, 0.25) is 0 Å². The summed E-state index contributed by atoms with van der Waals surface area (Å²) in [5, 5.41) is 7.69. The van der Waals surface area contributed by atoms with Crippen LogP contribution < -0.4 is 4.90 Å². The molecule has 0 saturated carbocycles. The van der Waals surface area contributed by atoms with Gasteiger partial charge in [0.2, 0.25) is 0 Å². The average molecular weight is 560 g/mol. The molecule has 1 amide bonds. The summed E-state index contributed by atoms with van der Waals surface area (Å²) in [4.78, 5) is 16.9. The van der Waals surface area contributed by atoms with Crippen molar-refractivity contribution in [2.24, 2.45) is 7.05 Å². The summed E-state index contributed by atoms with van der Waals surface area (Å²) in [5.41, 5.74) is -0.451. The minimum Gasteiger partial charge on any atom is -0.380 e. The Morgan fingerprint density at radius 3 is 2.65 bits per heavy atom. The van der Waals surface area contributed by atoms with E-state index < -0.39 is 29.2 Å². The number of halogens is 4. The van der Waals surface area contributed by atoms with Gasteiger partial charge >= 0.3 is 6.18 Å². The maximum absolute atomic E-state index is 15.8. The first-order chi connectivity index (χ1) is 19.1. The number of amides is 1. The Morgan fingerprint density at radius 1 is 1.23 bits per heavy atom. The van der Waals surface area contributed by atoms with Crippen LogP contribution >= 0.6 is 0 Å². The standard InChI is InChI=1S/C28H29F4N5O3/c1-35-16-33-34-25(35)24(29)27(14-40-15-27)18-4-3-5-19(10-18)37-13-22-21(26(37)38)8-17(9-23(22)28(30,31)32)11-36-7-6-20(12-36)39-2/h3-5,8-10,16,20,24H,6-7,11-15H2,1-2H3/t20-,24+/m0/s1. The normalized spacial score (nSPS) is 21.5. The number of fused-ring (bicyclic) bond motifs is 1. The van der Waals surface area contributed by atoms with E-state index in [1.54, 1.807) is 44.5 Å². The molecule has 3 aromatic rings. The molecule has 40 heavy (non-hydrogen) atoms. The van der Waals surface area contributed by atoms with Crippen LogP contribution in [0, 0.1) is 0 Å². The van der Waals surface area contributed by atoms with Gasteiger partial charge in [-0.25, -0.2) is 4.39 Å². The number of aromatic nitrogens is 3. The van der Waals surface area contributed by atoms with E-state index >= 15 is 4.39 Å². The molecule has 1 aromatic heterocycles. The summed E-state index contributed by atoms with van der Waals surface area (Å²) in [5.74, 6) is -0.366. The molecule has 4 heterocycles. The van der Waals surface area contributed by atoms with Gasteiger partial charge in [-0.1, -0.05) is 12.1 Å². The molecule has 212 valence electrons. The first-order valence-electron chi connectivity index (χ1n) is 13.1. The zero-order valence-corrected chi connectivity index (χ0v) is 22.1. The highest BCUT2D eigenvalue weighted by Crippen LogP contribution is 2.47. The number of methoxy groups -OCH3 is 1. The van der Waals surface area contributed by atoms with Crippen LogP contribution in [0.5, 0.6) is 0 Å². The van der Waals surface area contributed by atoms with Gasteiger partial charge in [0.05, 0.1) is 36.8 Å². The zero-order valence-electron chi connectivity index (χ0n) is 22.1. The molecule has 2 fully saturated rings. The Balaban J connectivity index is 1.32. The monoisotopic (exact) mass is 559 g/mol. The van der Waals surface area contributed by atoms with Crippen LogP contribution in [0.15, 0.2) is 42.7 Å². The second kappa shape index (κ2) is 9.93. The molecule has 0 unspecified atom stereocenters. The number of nitrogens with zero attached hydrogens (tertiary/aromatic N) is 5. The first-order valence-corrected chi connectivity index (χ1v) is 13.1. The van der Waals surface area contributed by atoms with E-state index in [4.69, 9.17) is 9.47 Å². The Kier molecular flexibility index (Phi) is 6.67. The number of aryl methyl sites for hydroxylation is 1. The highest BCUT2D eigenvalue weighted by atomic mass is 19.4. The van der Waals surface area contributed by atoms with E-state index in [2.05, 4.69) is 10.2 Å². The lowest BCUT2D eigenvalue weighted by molar-refractivity contribution is -0.138. The molecule has 0 spiro atoms. The Hall–Kier alpha value is -3.35. The third-order valence-corrected chi connectivity index (χ3v) is 8.29. The number of hydrogen-bond donors (Lipinski definition) is 0. The van der Waals surface area contributed by atoms with E-state index in [0.717, 1.165) is 12.5 Å². The van der Waals surface area contributed by atoms with Gasteiger partial charge < -0.3 is 18.9 Å². The maximum atomic E-state index is 15.8. The second-order valence-electron chi connectivity index (χ2n) is 10.8. The number of hydrogen-bond acceptors (Lipinski definition) is 6. The van der Waals surface area contributed by atoms with Crippen molar-refractivity contribution in [2.45, 2.75) is 43.4 Å². The second-order valence-corrected chi connectivity index (χ2v) is 10.8. The van der Waals surface area contributed by atoms with Crippen molar-refractivity contribution in [3.8, 4) is 0 Å². The molecule has 2 aromatic carbocycles. The predicted molar refractivity (Wildman–Crippen MR) is 136 cm³/mol. The van der Waals surface area contributed by atoms with E-state index in [1.807, 2.05) is 4.90 Å². The fraction of sp³-hybridized carbons (Fsp3) is 0.464. The predicted octanol–water partition coefficient (Wildman–Crippen LogP) is 4.19. The van der Waals surface area contributed by atoms with Gasteiger partial charge in [-0.15, -0.1) is 10.2 Å². The quantitative estimate of drug-likeness (QED) is 0.405. The molecule has 3 aliphatic rings. The SMILES string of the molecule is CO[C@H]1CCN(Cc2cc3c(c(C(F)(F)F)c2)CN(c2cccc(C4([C@H](F)c5nncn5C)COC4)c2)C3=O)C1. The molecule has 0 bridgehead atoms. The lowest BCUT2D eigenvalue weighted by Gasteiger charge is -2.43. The third kappa shape index (κ3) is 4.47. The van der Waals surface area contributed by atoms with Gasteiger partial charge in [0, 0.05) is 45.0 Å². The molecular weight excluding hydrogens is 530 g/mol. The number of alkyl halides is 4. The summed E-state index contributed by atoms with van der Waals surface area (Å²) in [7, 11) is 3.27. The maximum Gasteiger partial charge on any atom is 0.416 e. The molecule has 0 N–H and O–H groups in total. The molecule has 3 aliphatic heterocycles. The number of carbonyl (C=O) groups is 1. The summed E-state index contributed by atoms with van der Waals surface area (Å²) in [6, 6.07) is 9.47. The molecule has 0 aliphatic carbocycles. The lowest BCUT2D eigenvalue weighted by Crippen LogP contribution is -2.50. The molecule has 0 radical (unpaired) electrons. The van der Waals surface area contributed by atoms with Gasteiger partial charge in [-0.05, 0) is 47.4 Å². The summed E-state index contributed by atoms with van der Waals surface area (Å²) >= 11 is 0. The highest BCUT2D eigenvalue weighted by molar-refractivity contribution is 6.10. The van der Waals surface area contributed by atoms with Crippen molar-refractivity contribution in [3.63, 3.8) is 0 Å². The van der Waals surface area contributed by atoms with Crippen LogP contribution in [-0.2, 0) is 41.2 Å². The van der Waals surface area contributed by atoms with Gasteiger partial charge in [0.15, 0.2) is 12.0 Å². The summed E-state index contributed by atoms with van der Waals surface area (Å²) in [6.45, 7) is 1.59. The van der Waals surface area contributed by atoms with Crippen LogP contribution in [0.4, 0.5) is 23.2 Å². The van der Waals surface area contributed by atoms with Crippen molar-refractivity contribution in [1.29, 1.82) is 0 Å². The summed E-state index contributed by atoms with van der Waals surface area (Å²) in [6.07, 6.45) is -3.89. The van der Waals surface area contributed by atoms with Gasteiger partial charge in [-0.3, -0.25) is 9.69 Å². The number of likely N-dealkylation sites (tertiary alicyclic amines) is 1. The highest BCUT2D eigenvalue weighted by Gasteiger charge is 2.51. The molecule has 8 nitrogen and oxygen atoms in total. The van der Waals surface area contributed by atoms with Gasteiger partial charge in [-0.2, -0.15) is 13.2 Å². The molecule has 6 rings (SSSR count). The van der Waals surface area contributed by atoms with Crippen molar-refractivity contribution in [1.82, 2.24) is 19.7 Å². The van der Waals surface area contributed by atoms with E-state index in [1.165, 1.54) is 15.8 Å². The van der Waals surface area contributed by atoms with E-state index in [9.17, 15) is 18.0 Å². The van der Waals surface area contributed by atoms with Gasteiger partial charge in [0.1, 0.15) is 6.33 Å². The number of ether oxygens (including phenoxy) is 2. The third-order valence-electron chi connectivity index (χ3n) is 8.29. The van der Waals surface area contributed by atoms with Crippen LogP contribution in [0.3, 0.4) is 0 Å². The summed E-state index contributed by atoms with van der Waals surface area (Å²) < 4.78 is 70.7. The molecule has 12 heteroatoms. The fourth-order valence-corrected chi connectivity index (χ4v) is 5.95. The van der Waals surface area contributed by atoms with E-state index in [0.29, 0.717) is 36.4 Å². The van der Waals surface area contributed by atoms with Crippen LogP contribution in [-0.4, -0.2) is 65.1 Å². The number of rotatable bonds is 7. The van der Waals surface area contributed by atoms with Crippen molar-refractivity contribution >= 4 is 11.6 Å². The Morgan fingerprint density at radius 2 is 2.02 bits per heavy atom. The van der Waals surface area contributed by atoms with Crippen molar-refractivity contribution in [3.05, 3.63) is 76.4 Å². The fourth-order valence-electron chi connectivity index (χ4n) is 5.95. The lowest BCUT2D eigenvalue weighted by atomic mass is 9.74. The molecular formula is C28H29F4N5O3. The van der Waals surface area contributed by atoms with Gasteiger partial charge in [0.25, 0.3) is 5.91 Å². The largest absolute Gasteiger partial charge is 0.416 e. The Labute approximate surface area is 228 Å². The first kappa shape index (κ1) is 26.9. The minimum absolute atomic E-state index is 0.0434. The topological polar surface area (TPSA) is 72.7 Å². The Bertz CT molecular complexity index is 1440. The molecule has 2 atom stereocenters. The van der Waals surface area contributed by atoms with E-state index in [-0.39, 0.29) is 42.8 Å². The average Bonchev–Trinajstić information content (AvgIpc) is 3.62. The number of carbonyl (C=O) groups excluding carboxylic acids is 1. The molecule has 2 saturated heterocycles. The van der Waals surface area contributed by atoms with Crippen molar-refractivity contribution in [2.75, 3.05) is 38.3 Å². The number of benzene rings is 2. The zero-order chi connectivity index (χ0) is 28.2. The van der Waals surface area contributed by atoms with Crippen molar-refractivity contribution < 1.29 is 31.8 Å². The number of anilines is 1. The van der Waals surface area contributed by atoms with Crippen LogP contribution in [0.25, 0.3) is 0 Å². The van der Waals surface area contributed by atoms with Crippen LogP contribution in [0.1, 0.15) is 51.0 Å². The minimum atomic E-state index is -4.62. The smallest absolute Gasteiger partial charge is 0.380 e.